The van der Waals surface area contributed by atoms with Crippen molar-refractivity contribution in [1.29, 1.82) is 0 Å². The van der Waals surface area contributed by atoms with Gasteiger partial charge in [0.2, 0.25) is 0 Å². The number of hydrogen-bond acceptors (Lipinski definition) is 2. The number of amides is 1. The van der Waals surface area contributed by atoms with Gasteiger partial charge in [0.1, 0.15) is 5.82 Å². The molecular weight excluding hydrogens is 299 g/mol. The van der Waals surface area contributed by atoms with Crippen molar-refractivity contribution in [3.63, 3.8) is 0 Å². The van der Waals surface area contributed by atoms with E-state index in [9.17, 15) is 9.18 Å². The minimum absolute atomic E-state index is 0.299. The molecule has 92 valence electrons. The molecule has 0 saturated carbocycles. The standard InChI is InChI=1S/C13H10BrFN2O/c1-8-6-10(4-5-16-8)17-13(18)11-3-2-9(15)7-12(11)14/h2-7H,1H3,(H,16,17,18). The first-order valence-electron chi connectivity index (χ1n) is 5.25. The van der Waals surface area contributed by atoms with Crippen LogP contribution in [0.2, 0.25) is 0 Å². The second kappa shape index (κ2) is 5.27. The van der Waals surface area contributed by atoms with Gasteiger partial charge in [0, 0.05) is 22.1 Å². The van der Waals surface area contributed by atoms with E-state index in [1.54, 1.807) is 18.3 Å². The predicted octanol–water partition coefficient (Wildman–Crippen LogP) is 3.54. The fourth-order valence-electron chi connectivity index (χ4n) is 1.50. The van der Waals surface area contributed by atoms with Crippen LogP contribution in [0.1, 0.15) is 16.1 Å². The van der Waals surface area contributed by atoms with Crippen LogP contribution in [0.4, 0.5) is 10.1 Å². The van der Waals surface area contributed by atoms with Gasteiger partial charge in [0.05, 0.1) is 5.56 Å². The molecule has 1 aromatic heterocycles. The highest BCUT2D eigenvalue weighted by molar-refractivity contribution is 9.10. The van der Waals surface area contributed by atoms with Crippen LogP contribution in [0.3, 0.4) is 0 Å². The van der Waals surface area contributed by atoms with E-state index in [0.29, 0.717) is 15.7 Å². The van der Waals surface area contributed by atoms with Crippen LogP contribution in [0.15, 0.2) is 41.0 Å². The average molecular weight is 309 g/mol. The molecule has 0 spiro atoms. The topological polar surface area (TPSA) is 42.0 Å². The van der Waals surface area contributed by atoms with E-state index in [4.69, 9.17) is 0 Å². The molecule has 5 heteroatoms. The number of aromatic nitrogens is 1. The van der Waals surface area contributed by atoms with E-state index in [0.717, 1.165) is 5.69 Å². The summed E-state index contributed by atoms with van der Waals surface area (Å²) in [6, 6.07) is 7.39. The molecule has 1 aromatic carbocycles. The Kier molecular flexibility index (Phi) is 3.72. The lowest BCUT2D eigenvalue weighted by Crippen LogP contribution is -2.12. The SMILES string of the molecule is Cc1cc(NC(=O)c2ccc(F)cc2Br)ccn1. The second-order valence-corrected chi connectivity index (χ2v) is 4.62. The maximum atomic E-state index is 12.9. The van der Waals surface area contributed by atoms with Gasteiger partial charge < -0.3 is 5.32 Å². The molecule has 0 fully saturated rings. The number of anilines is 1. The Balaban J connectivity index is 2.22. The largest absolute Gasteiger partial charge is 0.322 e. The molecule has 0 aliphatic carbocycles. The van der Waals surface area contributed by atoms with Gasteiger partial charge in [-0.2, -0.15) is 0 Å². The molecule has 0 bridgehead atoms. The molecule has 1 heterocycles. The fraction of sp³-hybridized carbons (Fsp3) is 0.0769. The lowest BCUT2D eigenvalue weighted by atomic mass is 10.2. The van der Waals surface area contributed by atoms with Gasteiger partial charge in [0.15, 0.2) is 0 Å². The molecular formula is C13H10BrFN2O. The average Bonchev–Trinajstić information content (AvgIpc) is 2.28. The number of nitrogens with zero attached hydrogens (tertiary/aromatic N) is 1. The van der Waals surface area contributed by atoms with Crippen molar-refractivity contribution in [2.75, 3.05) is 5.32 Å². The van der Waals surface area contributed by atoms with Gasteiger partial charge in [-0.15, -0.1) is 0 Å². The smallest absolute Gasteiger partial charge is 0.256 e. The summed E-state index contributed by atoms with van der Waals surface area (Å²) in [5.41, 5.74) is 1.85. The van der Waals surface area contributed by atoms with Gasteiger partial charge in [-0.1, -0.05) is 0 Å². The van der Waals surface area contributed by atoms with Gasteiger partial charge in [-0.05, 0) is 53.2 Å². The van der Waals surface area contributed by atoms with Crippen molar-refractivity contribution in [3.05, 3.63) is 58.1 Å². The second-order valence-electron chi connectivity index (χ2n) is 3.76. The van der Waals surface area contributed by atoms with Gasteiger partial charge in [-0.25, -0.2) is 4.39 Å². The number of nitrogens with one attached hydrogen (secondary N) is 1. The van der Waals surface area contributed by atoms with Gasteiger partial charge in [-0.3, -0.25) is 9.78 Å². The van der Waals surface area contributed by atoms with Crippen LogP contribution in [-0.4, -0.2) is 10.9 Å². The van der Waals surface area contributed by atoms with Crippen LogP contribution in [0, 0.1) is 12.7 Å². The molecule has 2 rings (SSSR count). The number of halogens is 2. The first-order chi connectivity index (χ1) is 8.56. The number of pyridine rings is 1. The van der Waals surface area contributed by atoms with E-state index < -0.39 is 5.82 Å². The Labute approximate surface area is 112 Å². The molecule has 2 aromatic rings. The first-order valence-corrected chi connectivity index (χ1v) is 6.04. The van der Waals surface area contributed by atoms with E-state index in [2.05, 4.69) is 26.2 Å². The highest BCUT2D eigenvalue weighted by Crippen LogP contribution is 2.19. The zero-order chi connectivity index (χ0) is 13.1. The third-order valence-corrected chi connectivity index (χ3v) is 2.99. The summed E-state index contributed by atoms with van der Waals surface area (Å²) in [5.74, 6) is -0.689. The molecule has 0 radical (unpaired) electrons. The van der Waals surface area contributed by atoms with Crippen LogP contribution < -0.4 is 5.32 Å². The Hall–Kier alpha value is -1.75. The lowest BCUT2D eigenvalue weighted by Gasteiger charge is -2.07. The monoisotopic (exact) mass is 308 g/mol. The molecule has 3 nitrogen and oxygen atoms in total. The van der Waals surface area contributed by atoms with E-state index >= 15 is 0 Å². The molecule has 0 atom stereocenters. The van der Waals surface area contributed by atoms with Crippen molar-refractivity contribution in [2.24, 2.45) is 0 Å². The number of hydrogen-bond donors (Lipinski definition) is 1. The van der Waals surface area contributed by atoms with Crippen molar-refractivity contribution in [3.8, 4) is 0 Å². The normalized spacial score (nSPS) is 10.2. The van der Waals surface area contributed by atoms with E-state index in [-0.39, 0.29) is 5.91 Å². The summed E-state index contributed by atoms with van der Waals surface area (Å²) < 4.78 is 13.3. The van der Waals surface area contributed by atoms with Crippen LogP contribution in [0.5, 0.6) is 0 Å². The summed E-state index contributed by atoms with van der Waals surface area (Å²) >= 11 is 3.16. The fourth-order valence-corrected chi connectivity index (χ4v) is 2.03. The van der Waals surface area contributed by atoms with Gasteiger partial charge in [0.25, 0.3) is 5.91 Å². The molecule has 0 saturated heterocycles. The first kappa shape index (κ1) is 12.7. The number of rotatable bonds is 2. The summed E-state index contributed by atoms with van der Waals surface area (Å²) in [5, 5.41) is 2.73. The number of carbonyl (C=O) groups is 1. The third-order valence-electron chi connectivity index (χ3n) is 2.33. The minimum atomic E-state index is -0.391. The van der Waals surface area contributed by atoms with Crippen LogP contribution in [-0.2, 0) is 0 Å². The molecule has 0 aliphatic heterocycles. The number of carbonyl (C=O) groups excluding carboxylic acids is 1. The van der Waals surface area contributed by atoms with E-state index in [1.165, 1.54) is 18.2 Å². The molecule has 0 aliphatic rings. The zero-order valence-electron chi connectivity index (χ0n) is 9.58. The highest BCUT2D eigenvalue weighted by atomic mass is 79.9. The Morgan fingerprint density at radius 2 is 2.11 bits per heavy atom. The zero-order valence-corrected chi connectivity index (χ0v) is 11.2. The predicted molar refractivity (Wildman–Crippen MR) is 71.0 cm³/mol. The third kappa shape index (κ3) is 2.92. The maximum Gasteiger partial charge on any atom is 0.256 e. The van der Waals surface area contributed by atoms with E-state index in [1.807, 2.05) is 6.92 Å². The summed E-state index contributed by atoms with van der Waals surface area (Å²) in [6.45, 7) is 1.84. The maximum absolute atomic E-state index is 12.9. The number of benzene rings is 1. The van der Waals surface area contributed by atoms with Gasteiger partial charge >= 0.3 is 0 Å². The molecule has 1 amide bonds. The number of aryl methyl sites for hydroxylation is 1. The highest BCUT2D eigenvalue weighted by Gasteiger charge is 2.11. The molecule has 1 N–H and O–H groups in total. The molecule has 18 heavy (non-hydrogen) atoms. The Bertz CT molecular complexity index is 601. The minimum Gasteiger partial charge on any atom is -0.322 e. The molecule has 0 unspecified atom stereocenters. The van der Waals surface area contributed by atoms with Crippen molar-refractivity contribution in [2.45, 2.75) is 6.92 Å². The Morgan fingerprint density at radius 1 is 1.33 bits per heavy atom. The summed E-state index contributed by atoms with van der Waals surface area (Å²) in [7, 11) is 0. The van der Waals surface area contributed by atoms with Crippen LogP contribution >= 0.6 is 15.9 Å². The van der Waals surface area contributed by atoms with Crippen LogP contribution in [0.25, 0.3) is 0 Å². The Morgan fingerprint density at radius 3 is 2.78 bits per heavy atom. The lowest BCUT2D eigenvalue weighted by molar-refractivity contribution is 0.102. The summed E-state index contributed by atoms with van der Waals surface area (Å²) in [6.07, 6.45) is 1.62. The quantitative estimate of drug-likeness (QED) is 0.922. The van der Waals surface area contributed by atoms with Crippen molar-refractivity contribution < 1.29 is 9.18 Å². The van der Waals surface area contributed by atoms with Crippen molar-refractivity contribution in [1.82, 2.24) is 4.98 Å². The van der Waals surface area contributed by atoms with Crippen molar-refractivity contribution >= 4 is 27.5 Å². The summed E-state index contributed by atoms with van der Waals surface area (Å²) in [4.78, 5) is 16.0.